The number of hydrogen-bond acceptors (Lipinski definition) is 3. The summed E-state index contributed by atoms with van der Waals surface area (Å²) in [5.41, 5.74) is 6.48. The number of amides is 1. The van der Waals surface area contributed by atoms with E-state index in [2.05, 4.69) is 16.2 Å². The third-order valence-corrected chi connectivity index (χ3v) is 4.86. The first-order valence-electron chi connectivity index (χ1n) is 7.31. The fraction of sp³-hybridized carbons (Fsp3) is 0.467. The number of thioether (sulfide) groups is 1. The summed E-state index contributed by atoms with van der Waals surface area (Å²) in [4.78, 5) is 11.7. The van der Waals surface area contributed by atoms with Crippen LogP contribution in [0.2, 0.25) is 5.02 Å². The minimum absolute atomic E-state index is 0.0948. The van der Waals surface area contributed by atoms with Crippen LogP contribution in [0.3, 0.4) is 0 Å². The third-order valence-electron chi connectivity index (χ3n) is 3.40. The molecule has 1 aromatic carbocycles. The van der Waals surface area contributed by atoms with Crippen molar-refractivity contribution in [1.29, 1.82) is 0 Å². The van der Waals surface area contributed by atoms with Crippen LogP contribution in [0.25, 0.3) is 0 Å². The number of halogens is 1. The lowest BCUT2D eigenvalue weighted by Gasteiger charge is -2.16. The summed E-state index contributed by atoms with van der Waals surface area (Å²) in [6, 6.07) is 8.09. The molecule has 1 aliphatic carbocycles. The average Bonchev–Trinajstić information content (AvgIpc) is 2.98. The summed E-state index contributed by atoms with van der Waals surface area (Å²) in [5.74, 6) is 1.02. The zero-order valence-electron chi connectivity index (χ0n) is 12.2. The Bertz CT molecular complexity index is 521. The van der Waals surface area contributed by atoms with Crippen LogP contribution in [0.1, 0.15) is 31.2 Å². The molecule has 0 bridgehead atoms. The van der Waals surface area contributed by atoms with Gasteiger partial charge in [0.15, 0.2) is 5.11 Å². The molecular weight excluding hydrogens is 338 g/mol. The van der Waals surface area contributed by atoms with Gasteiger partial charge in [-0.05, 0) is 42.8 Å². The normalized spacial score (nSPS) is 14.6. The minimum atomic E-state index is -0.0948. The molecule has 1 aromatic rings. The molecule has 1 amide bonds. The van der Waals surface area contributed by atoms with E-state index in [0.29, 0.717) is 21.9 Å². The van der Waals surface area contributed by atoms with Crippen LogP contribution in [-0.2, 0) is 10.5 Å². The first-order chi connectivity index (χ1) is 10.6. The highest BCUT2D eigenvalue weighted by Crippen LogP contribution is 2.17. The number of thiocarbonyl (C=S) groups is 1. The standard InChI is InChI=1S/C15H20ClN3OS2/c16-12-5-3-4-11(8-12)9-22-10-14(20)18-19-15(21)17-13-6-1-2-7-13/h3-5,8,13H,1-2,6-7,9-10H2,(H,18,20)(H2,17,19,21). The van der Waals surface area contributed by atoms with E-state index in [-0.39, 0.29) is 5.91 Å². The maximum absolute atomic E-state index is 11.7. The van der Waals surface area contributed by atoms with Crippen LogP contribution < -0.4 is 16.2 Å². The monoisotopic (exact) mass is 357 g/mol. The van der Waals surface area contributed by atoms with Crippen molar-refractivity contribution in [3.05, 3.63) is 34.9 Å². The van der Waals surface area contributed by atoms with Gasteiger partial charge in [-0.15, -0.1) is 11.8 Å². The molecule has 0 radical (unpaired) electrons. The van der Waals surface area contributed by atoms with E-state index in [1.54, 1.807) is 0 Å². The number of benzene rings is 1. The molecule has 0 atom stereocenters. The Morgan fingerprint density at radius 2 is 2.09 bits per heavy atom. The lowest BCUT2D eigenvalue weighted by Crippen LogP contribution is -2.49. The molecule has 4 nitrogen and oxygen atoms in total. The summed E-state index contributed by atoms with van der Waals surface area (Å²) < 4.78 is 0. The second kappa shape index (κ2) is 9.22. The van der Waals surface area contributed by atoms with E-state index >= 15 is 0 Å². The van der Waals surface area contributed by atoms with Crippen molar-refractivity contribution in [2.45, 2.75) is 37.5 Å². The molecule has 0 heterocycles. The Kier molecular flexibility index (Phi) is 7.29. The molecule has 0 aliphatic heterocycles. The van der Waals surface area contributed by atoms with Crippen molar-refractivity contribution in [1.82, 2.24) is 16.2 Å². The van der Waals surface area contributed by atoms with Gasteiger partial charge < -0.3 is 5.32 Å². The quantitative estimate of drug-likeness (QED) is 0.558. The topological polar surface area (TPSA) is 53.2 Å². The maximum atomic E-state index is 11.7. The van der Waals surface area contributed by atoms with E-state index in [4.69, 9.17) is 23.8 Å². The van der Waals surface area contributed by atoms with Gasteiger partial charge in [-0.25, -0.2) is 0 Å². The van der Waals surface area contributed by atoms with Crippen molar-refractivity contribution in [3.8, 4) is 0 Å². The van der Waals surface area contributed by atoms with Gasteiger partial charge >= 0.3 is 0 Å². The fourth-order valence-corrected chi connectivity index (χ4v) is 3.55. The smallest absolute Gasteiger partial charge is 0.248 e. The molecule has 22 heavy (non-hydrogen) atoms. The molecule has 1 fully saturated rings. The SMILES string of the molecule is O=C(CSCc1cccc(Cl)c1)NNC(=S)NC1CCCC1. The van der Waals surface area contributed by atoms with Gasteiger partial charge in [0.25, 0.3) is 0 Å². The largest absolute Gasteiger partial charge is 0.359 e. The van der Waals surface area contributed by atoms with E-state index in [1.807, 2.05) is 24.3 Å². The molecular formula is C15H20ClN3OS2. The van der Waals surface area contributed by atoms with Gasteiger partial charge in [-0.3, -0.25) is 15.6 Å². The first kappa shape index (κ1) is 17.4. The summed E-state index contributed by atoms with van der Waals surface area (Å²) in [7, 11) is 0. The van der Waals surface area contributed by atoms with E-state index in [9.17, 15) is 4.79 Å². The van der Waals surface area contributed by atoms with Crippen LogP contribution in [0.15, 0.2) is 24.3 Å². The van der Waals surface area contributed by atoms with Crippen LogP contribution >= 0.6 is 35.6 Å². The van der Waals surface area contributed by atoms with Crippen LogP contribution in [0, 0.1) is 0 Å². The predicted octanol–water partition coefficient (Wildman–Crippen LogP) is 3.01. The van der Waals surface area contributed by atoms with Crippen LogP contribution in [-0.4, -0.2) is 22.8 Å². The fourth-order valence-electron chi connectivity index (χ4n) is 2.34. The first-order valence-corrected chi connectivity index (χ1v) is 9.25. The van der Waals surface area contributed by atoms with Crippen LogP contribution in [0.4, 0.5) is 0 Å². The molecule has 120 valence electrons. The predicted molar refractivity (Wildman–Crippen MR) is 96.9 cm³/mol. The van der Waals surface area contributed by atoms with Crippen LogP contribution in [0.5, 0.6) is 0 Å². The molecule has 0 unspecified atom stereocenters. The van der Waals surface area contributed by atoms with Gasteiger partial charge in [-0.1, -0.05) is 36.6 Å². The number of carbonyl (C=O) groups excluding carboxylic acids is 1. The Hall–Kier alpha value is -0.980. The average molecular weight is 358 g/mol. The van der Waals surface area contributed by atoms with Crippen molar-refractivity contribution in [2.24, 2.45) is 0 Å². The Balaban J connectivity index is 1.58. The second-order valence-corrected chi connectivity index (χ2v) is 7.08. The van der Waals surface area contributed by atoms with Gasteiger partial charge in [0.1, 0.15) is 0 Å². The highest BCUT2D eigenvalue weighted by Gasteiger charge is 2.15. The lowest BCUT2D eigenvalue weighted by molar-refractivity contribution is -0.119. The van der Waals surface area contributed by atoms with Gasteiger partial charge in [0.2, 0.25) is 5.91 Å². The molecule has 7 heteroatoms. The number of hydrogen-bond donors (Lipinski definition) is 3. The van der Waals surface area contributed by atoms with Gasteiger partial charge in [-0.2, -0.15) is 0 Å². The Morgan fingerprint density at radius 1 is 1.32 bits per heavy atom. The van der Waals surface area contributed by atoms with Gasteiger partial charge in [0.05, 0.1) is 5.75 Å². The van der Waals surface area contributed by atoms with Crippen molar-refractivity contribution < 1.29 is 4.79 Å². The molecule has 1 aliphatic rings. The maximum Gasteiger partial charge on any atom is 0.248 e. The Labute approximate surface area is 145 Å². The van der Waals surface area contributed by atoms with E-state index in [0.717, 1.165) is 24.2 Å². The molecule has 0 saturated heterocycles. The summed E-state index contributed by atoms with van der Waals surface area (Å²) in [5, 5.41) is 4.41. The number of carbonyl (C=O) groups is 1. The molecule has 0 spiro atoms. The summed E-state index contributed by atoms with van der Waals surface area (Å²) >= 11 is 12.6. The molecule has 0 aromatic heterocycles. The van der Waals surface area contributed by atoms with Crippen molar-refractivity contribution >= 4 is 46.6 Å². The zero-order chi connectivity index (χ0) is 15.8. The Morgan fingerprint density at radius 3 is 2.82 bits per heavy atom. The number of hydrazine groups is 1. The van der Waals surface area contributed by atoms with Crippen molar-refractivity contribution in [3.63, 3.8) is 0 Å². The summed E-state index contributed by atoms with van der Waals surface area (Å²) in [6.07, 6.45) is 4.77. The third kappa shape index (κ3) is 6.42. The highest BCUT2D eigenvalue weighted by molar-refractivity contribution is 7.99. The van der Waals surface area contributed by atoms with Gasteiger partial charge in [0, 0.05) is 16.8 Å². The molecule has 3 N–H and O–H groups in total. The second-order valence-electron chi connectivity index (χ2n) is 5.25. The molecule has 2 rings (SSSR count). The van der Waals surface area contributed by atoms with E-state index in [1.165, 1.54) is 24.6 Å². The van der Waals surface area contributed by atoms with E-state index < -0.39 is 0 Å². The highest BCUT2D eigenvalue weighted by atomic mass is 35.5. The number of rotatable bonds is 5. The number of nitrogens with one attached hydrogen (secondary N) is 3. The zero-order valence-corrected chi connectivity index (χ0v) is 14.6. The summed E-state index contributed by atoms with van der Waals surface area (Å²) in [6.45, 7) is 0. The minimum Gasteiger partial charge on any atom is -0.359 e. The van der Waals surface area contributed by atoms with Crippen molar-refractivity contribution in [2.75, 3.05) is 5.75 Å². The molecule has 1 saturated carbocycles. The lowest BCUT2D eigenvalue weighted by atomic mass is 10.2.